The van der Waals surface area contributed by atoms with Crippen LogP contribution in [0, 0.1) is 0 Å². The summed E-state index contributed by atoms with van der Waals surface area (Å²) >= 11 is 0. The highest BCUT2D eigenvalue weighted by Crippen LogP contribution is 2.26. The summed E-state index contributed by atoms with van der Waals surface area (Å²) < 4.78 is 48.8. The maximum Gasteiger partial charge on any atom is 0.243 e. The molecule has 2 aromatic rings. The van der Waals surface area contributed by atoms with Gasteiger partial charge in [-0.2, -0.15) is 4.31 Å². The first kappa shape index (κ1) is 25.8. The molecule has 0 spiro atoms. The molecule has 34 heavy (non-hydrogen) atoms. The van der Waals surface area contributed by atoms with E-state index in [1.807, 2.05) is 6.92 Å². The number of amides is 1. The van der Waals surface area contributed by atoms with Crippen molar-refractivity contribution in [2.45, 2.75) is 30.7 Å². The van der Waals surface area contributed by atoms with E-state index in [9.17, 15) is 13.2 Å². The average Bonchev–Trinajstić information content (AvgIpc) is 2.86. The number of benzene rings is 2. The van der Waals surface area contributed by atoms with Crippen molar-refractivity contribution < 1.29 is 32.2 Å². The number of aryl methyl sites for hydroxylation is 1. The van der Waals surface area contributed by atoms with Gasteiger partial charge in [0, 0.05) is 19.5 Å². The Morgan fingerprint density at radius 3 is 2.38 bits per heavy atom. The van der Waals surface area contributed by atoms with Gasteiger partial charge in [-0.25, -0.2) is 8.42 Å². The molecule has 1 atom stereocenters. The maximum atomic E-state index is 13.0. The lowest BCUT2D eigenvalue weighted by Gasteiger charge is -2.26. The van der Waals surface area contributed by atoms with E-state index in [4.69, 9.17) is 18.9 Å². The Kier molecular flexibility index (Phi) is 9.14. The number of rotatable bonds is 11. The Morgan fingerprint density at radius 2 is 1.74 bits per heavy atom. The molecule has 1 aliphatic heterocycles. The Labute approximate surface area is 201 Å². The highest BCUT2D eigenvalue weighted by molar-refractivity contribution is 7.89. The largest absolute Gasteiger partial charge is 0.497 e. The number of nitrogens with zero attached hydrogens (tertiary/aromatic N) is 1. The van der Waals surface area contributed by atoms with Gasteiger partial charge in [-0.1, -0.05) is 0 Å². The zero-order chi connectivity index (χ0) is 24.6. The van der Waals surface area contributed by atoms with Crippen molar-refractivity contribution in [3.8, 4) is 17.2 Å². The Hall–Kier alpha value is -2.82. The lowest BCUT2D eigenvalue weighted by atomic mass is 10.1. The monoisotopic (exact) mass is 492 g/mol. The van der Waals surface area contributed by atoms with E-state index < -0.39 is 10.0 Å². The zero-order valence-corrected chi connectivity index (χ0v) is 20.6. The van der Waals surface area contributed by atoms with Crippen molar-refractivity contribution in [1.82, 2.24) is 9.62 Å². The van der Waals surface area contributed by atoms with Gasteiger partial charge in [0.05, 0.1) is 38.4 Å². The molecule has 0 unspecified atom stereocenters. The van der Waals surface area contributed by atoms with Crippen LogP contribution in [-0.4, -0.2) is 71.8 Å². The van der Waals surface area contributed by atoms with E-state index in [1.165, 1.54) is 17.5 Å². The normalized spacial score (nSPS) is 15.4. The standard InChI is InChI=1S/C24H32N2O7S/c1-18(17-33-21-7-5-20(30-2)6-8-21)25-24(27)11-4-19-16-22(9-10-23(19)31-3)34(28,29)26-12-14-32-15-13-26/h5-10,16,18H,4,11-15,17H2,1-3H3,(H,25,27)/t18-/m0/s1. The molecule has 9 nitrogen and oxygen atoms in total. The molecule has 0 saturated carbocycles. The van der Waals surface area contributed by atoms with Gasteiger partial charge in [0.15, 0.2) is 0 Å². The molecule has 1 fully saturated rings. The summed E-state index contributed by atoms with van der Waals surface area (Å²) in [5, 5.41) is 2.91. The Morgan fingerprint density at radius 1 is 1.06 bits per heavy atom. The summed E-state index contributed by atoms with van der Waals surface area (Å²) in [7, 11) is -0.511. The molecule has 1 aliphatic rings. The summed E-state index contributed by atoms with van der Waals surface area (Å²) in [6.45, 7) is 3.57. The lowest BCUT2D eigenvalue weighted by molar-refractivity contribution is -0.121. The summed E-state index contributed by atoms with van der Waals surface area (Å²) in [6, 6.07) is 11.8. The summed E-state index contributed by atoms with van der Waals surface area (Å²) in [4.78, 5) is 12.7. The van der Waals surface area contributed by atoms with Gasteiger partial charge >= 0.3 is 0 Å². The van der Waals surface area contributed by atoms with Crippen molar-refractivity contribution in [2.24, 2.45) is 0 Å². The number of carbonyl (C=O) groups is 1. The third-order valence-electron chi connectivity index (χ3n) is 5.45. The number of hydrogen-bond donors (Lipinski definition) is 1. The fourth-order valence-corrected chi connectivity index (χ4v) is 5.04. The van der Waals surface area contributed by atoms with Crippen LogP contribution in [0.2, 0.25) is 0 Å². The SMILES string of the molecule is COc1ccc(OC[C@H](C)NC(=O)CCc2cc(S(=O)(=O)N3CCOCC3)ccc2OC)cc1. The van der Waals surface area contributed by atoms with Gasteiger partial charge in [-0.3, -0.25) is 4.79 Å². The van der Waals surface area contributed by atoms with E-state index in [0.29, 0.717) is 56.4 Å². The smallest absolute Gasteiger partial charge is 0.243 e. The predicted molar refractivity (Wildman–Crippen MR) is 127 cm³/mol. The first-order valence-electron chi connectivity index (χ1n) is 11.1. The number of hydrogen-bond acceptors (Lipinski definition) is 7. The quantitative estimate of drug-likeness (QED) is 0.513. The van der Waals surface area contributed by atoms with Gasteiger partial charge in [0.25, 0.3) is 0 Å². The second-order valence-corrected chi connectivity index (χ2v) is 9.88. The molecule has 0 aliphatic carbocycles. The second kappa shape index (κ2) is 12.0. The van der Waals surface area contributed by atoms with Gasteiger partial charge in [-0.15, -0.1) is 0 Å². The molecule has 1 N–H and O–H groups in total. The number of morpholine rings is 1. The molecule has 1 saturated heterocycles. The van der Waals surface area contributed by atoms with Crippen molar-refractivity contribution in [1.29, 1.82) is 0 Å². The molecule has 1 amide bonds. The second-order valence-electron chi connectivity index (χ2n) is 7.95. The molecule has 2 aromatic carbocycles. The number of nitrogens with one attached hydrogen (secondary N) is 1. The number of carbonyl (C=O) groups excluding carboxylic acids is 1. The van der Waals surface area contributed by atoms with E-state index in [-0.39, 0.29) is 23.3 Å². The molecule has 1 heterocycles. The first-order chi connectivity index (χ1) is 16.3. The summed E-state index contributed by atoms with van der Waals surface area (Å²) in [6.07, 6.45) is 0.526. The molecular weight excluding hydrogens is 460 g/mol. The molecule has 186 valence electrons. The van der Waals surface area contributed by atoms with E-state index >= 15 is 0 Å². The van der Waals surface area contributed by atoms with Crippen LogP contribution in [-0.2, 0) is 26.0 Å². The van der Waals surface area contributed by atoms with Gasteiger partial charge in [0.2, 0.25) is 15.9 Å². The van der Waals surface area contributed by atoms with Gasteiger partial charge in [0.1, 0.15) is 23.9 Å². The number of sulfonamides is 1. The topological polar surface area (TPSA) is 103 Å². The zero-order valence-electron chi connectivity index (χ0n) is 19.8. The molecule has 0 bridgehead atoms. The average molecular weight is 493 g/mol. The van der Waals surface area contributed by atoms with Crippen LogP contribution in [0.4, 0.5) is 0 Å². The van der Waals surface area contributed by atoms with Crippen molar-refractivity contribution in [2.75, 3.05) is 47.1 Å². The van der Waals surface area contributed by atoms with Crippen molar-refractivity contribution in [3.05, 3.63) is 48.0 Å². The fraction of sp³-hybridized carbons (Fsp3) is 0.458. The van der Waals surface area contributed by atoms with Crippen LogP contribution >= 0.6 is 0 Å². The highest BCUT2D eigenvalue weighted by Gasteiger charge is 2.27. The fourth-order valence-electron chi connectivity index (χ4n) is 3.58. The van der Waals surface area contributed by atoms with Crippen LogP contribution in [0.1, 0.15) is 18.9 Å². The minimum absolute atomic E-state index is 0.158. The van der Waals surface area contributed by atoms with Crippen LogP contribution in [0.3, 0.4) is 0 Å². The Balaban J connectivity index is 1.55. The molecular formula is C24H32N2O7S. The molecule has 3 rings (SSSR count). The van der Waals surface area contributed by atoms with Crippen molar-refractivity contribution in [3.63, 3.8) is 0 Å². The number of ether oxygens (including phenoxy) is 4. The third-order valence-corrected chi connectivity index (χ3v) is 7.34. The van der Waals surface area contributed by atoms with E-state index in [1.54, 1.807) is 43.5 Å². The predicted octanol–water partition coefficient (Wildman–Crippen LogP) is 2.24. The van der Waals surface area contributed by atoms with Crippen LogP contribution < -0.4 is 19.5 Å². The minimum atomic E-state index is -3.63. The summed E-state index contributed by atoms with van der Waals surface area (Å²) in [5.41, 5.74) is 0.661. The van der Waals surface area contributed by atoms with Crippen LogP contribution in [0.15, 0.2) is 47.4 Å². The van der Waals surface area contributed by atoms with Crippen LogP contribution in [0.5, 0.6) is 17.2 Å². The minimum Gasteiger partial charge on any atom is -0.497 e. The lowest BCUT2D eigenvalue weighted by Crippen LogP contribution is -2.40. The summed E-state index contributed by atoms with van der Waals surface area (Å²) in [5.74, 6) is 1.81. The first-order valence-corrected chi connectivity index (χ1v) is 12.6. The van der Waals surface area contributed by atoms with E-state index in [0.717, 1.165) is 5.75 Å². The molecule has 0 radical (unpaired) electrons. The Bertz CT molecular complexity index is 1050. The number of methoxy groups -OCH3 is 2. The van der Waals surface area contributed by atoms with E-state index in [2.05, 4.69) is 5.32 Å². The third kappa shape index (κ3) is 6.85. The van der Waals surface area contributed by atoms with Crippen molar-refractivity contribution >= 4 is 15.9 Å². The van der Waals surface area contributed by atoms with Gasteiger partial charge in [-0.05, 0) is 61.4 Å². The van der Waals surface area contributed by atoms with Crippen LogP contribution in [0.25, 0.3) is 0 Å². The highest BCUT2D eigenvalue weighted by atomic mass is 32.2. The molecule has 10 heteroatoms. The molecule has 0 aromatic heterocycles. The van der Waals surface area contributed by atoms with Gasteiger partial charge < -0.3 is 24.3 Å². The maximum absolute atomic E-state index is 13.0.